The molecule has 1 aliphatic heterocycles. The predicted octanol–water partition coefficient (Wildman–Crippen LogP) is 3.26. The first-order valence-electron chi connectivity index (χ1n) is 8.37. The molecule has 0 aromatic heterocycles. The molecule has 4 aliphatic rings. The summed E-state index contributed by atoms with van der Waals surface area (Å²) in [6.07, 6.45) is 8.20. The number of hydrogen-bond donors (Lipinski definition) is 1. The Morgan fingerprint density at radius 2 is 2.14 bits per heavy atom. The molecule has 1 aromatic rings. The van der Waals surface area contributed by atoms with E-state index >= 15 is 0 Å². The summed E-state index contributed by atoms with van der Waals surface area (Å²) in [5.74, 6) is 3.15. The van der Waals surface area contributed by atoms with E-state index in [0.717, 1.165) is 29.7 Å². The molecule has 1 heterocycles. The van der Waals surface area contributed by atoms with Crippen LogP contribution in [-0.2, 0) is 11.2 Å². The van der Waals surface area contributed by atoms with Crippen molar-refractivity contribution in [3.63, 3.8) is 0 Å². The second-order valence-corrected chi connectivity index (χ2v) is 7.34. The molecule has 5 atom stereocenters. The lowest BCUT2D eigenvalue weighted by Gasteiger charge is -2.44. The van der Waals surface area contributed by atoms with E-state index in [1.807, 2.05) is 0 Å². The third-order valence-corrected chi connectivity index (χ3v) is 6.80. The van der Waals surface area contributed by atoms with E-state index in [1.54, 1.807) is 7.11 Å². The first kappa shape index (κ1) is 12.3. The quantitative estimate of drug-likeness (QED) is 0.636. The summed E-state index contributed by atoms with van der Waals surface area (Å²) in [7, 11) is 1.71. The summed E-state index contributed by atoms with van der Waals surface area (Å²) in [6.45, 7) is 0. The van der Waals surface area contributed by atoms with Crippen LogP contribution < -0.4 is 10.5 Å². The molecule has 112 valence electrons. The number of fused-ring (bicyclic) bond motifs is 4. The van der Waals surface area contributed by atoms with E-state index in [2.05, 4.69) is 12.1 Å². The molecule has 0 bridgehead atoms. The topological polar surface area (TPSA) is 47.8 Å². The maximum atomic E-state index is 6.33. The normalized spacial score (nSPS) is 42.5. The fourth-order valence-electron chi connectivity index (χ4n) is 5.86. The average Bonchev–Trinajstić information content (AvgIpc) is 3.08. The Bertz CT molecular complexity index is 613. The van der Waals surface area contributed by atoms with Gasteiger partial charge in [-0.2, -0.15) is 0 Å². The third-order valence-electron chi connectivity index (χ3n) is 6.80. The van der Waals surface area contributed by atoms with Crippen LogP contribution in [0.1, 0.15) is 49.1 Å². The molecule has 0 amide bonds. The van der Waals surface area contributed by atoms with Crippen LogP contribution in [0.15, 0.2) is 12.1 Å². The lowest BCUT2D eigenvalue weighted by Crippen LogP contribution is -2.40. The molecule has 3 heteroatoms. The minimum atomic E-state index is 0.302. The van der Waals surface area contributed by atoms with Crippen LogP contribution in [0.4, 0.5) is 5.69 Å². The van der Waals surface area contributed by atoms with Gasteiger partial charge in [-0.15, -0.1) is 0 Å². The summed E-state index contributed by atoms with van der Waals surface area (Å²) in [5, 5.41) is 0. The van der Waals surface area contributed by atoms with E-state index in [9.17, 15) is 0 Å². The number of nitrogen functional groups attached to an aromatic ring is 1. The first-order valence-corrected chi connectivity index (χ1v) is 8.37. The fraction of sp³-hybridized carbons (Fsp3) is 0.667. The van der Waals surface area contributed by atoms with Crippen LogP contribution in [0.5, 0.6) is 5.75 Å². The molecule has 2 saturated carbocycles. The van der Waals surface area contributed by atoms with Crippen molar-refractivity contribution >= 4 is 5.69 Å². The summed E-state index contributed by atoms with van der Waals surface area (Å²) in [6, 6.07) is 4.34. The van der Waals surface area contributed by atoms with E-state index in [-0.39, 0.29) is 0 Å². The van der Waals surface area contributed by atoms with Crippen molar-refractivity contribution in [2.45, 2.75) is 56.1 Å². The lowest BCUT2D eigenvalue weighted by atomic mass is 9.60. The van der Waals surface area contributed by atoms with Gasteiger partial charge in [-0.25, -0.2) is 0 Å². The zero-order valence-electron chi connectivity index (χ0n) is 12.6. The number of hydrogen-bond acceptors (Lipinski definition) is 3. The Morgan fingerprint density at radius 3 is 2.95 bits per heavy atom. The molecular weight excluding hydrogens is 262 g/mol. The summed E-state index contributed by atoms with van der Waals surface area (Å²) in [5.41, 5.74) is 10.4. The SMILES string of the molecule is COc1ccc2c(c1N)CCC1C2CCC23OC2CCC13. The van der Waals surface area contributed by atoms with Gasteiger partial charge in [0, 0.05) is 0 Å². The summed E-state index contributed by atoms with van der Waals surface area (Å²) < 4.78 is 11.5. The van der Waals surface area contributed by atoms with Gasteiger partial charge in [-0.1, -0.05) is 6.07 Å². The fourth-order valence-corrected chi connectivity index (χ4v) is 5.86. The Kier molecular flexibility index (Phi) is 2.32. The second kappa shape index (κ2) is 3.95. The molecule has 3 fully saturated rings. The Labute approximate surface area is 125 Å². The third kappa shape index (κ3) is 1.43. The van der Waals surface area contributed by atoms with Crippen molar-refractivity contribution in [1.29, 1.82) is 0 Å². The van der Waals surface area contributed by atoms with Gasteiger partial charge in [0.1, 0.15) is 5.75 Å². The van der Waals surface area contributed by atoms with Crippen molar-refractivity contribution in [3.05, 3.63) is 23.3 Å². The van der Waals surface area contributed by atoms with Gasteiger partial charge in [0.05, 0.1) is 24.5 Å². The van der Waals surface area contributed by atoms with Crippen LogP contribution in [0.3, 0.4) is 0 Å². The van der Waals surface area contributed by atoms with Gasteiger partial charge in [0.2, 0.25) is 0 Å². The molecular formula is C18H23NO2. The Morgan fingerprint density at radius 1 is 1.24 bits per heavy atom. The standard InChI is InChI=1S/C18H23NO2/c1-20-15-6-4-10-11-8-9-18-14(5-7-16(18)21-18)12(11)2-3-13(10)17(15)19/h4,6,11-12,14,16H,2-3,5,7-9,19H2,1H3. The van der Waals surface area contributed by atoms with Crippen LogP contribution in [-0.4, -0.2) is 18.8 Å². The molecule has 5 rings (SSSR count). The minimum Gasteiger partial charge on any atom is -0.495 e. The highest BCUT2D eigenvalue weighted by Gasteiger charge is 2.68. The highest BCUT2D eigenvalue weighted by molar-refractivity contribution is 5.63. The van der Waals surface area contributed by atoms with Crippen LogP contribution in [0, 0.1) is 11.8 Å². The van der Waals surface area contributed by atoms with Gasteiger partial charge >= 0.3 is 0 Å². The van der Waals surface area contributed by atoms with Crippen LogP contribution >= 0.6 is 0 Å². The van der Waals surface area contributed by atoms with E-state index in [0.29, 0.717) is 17.6 Å². The van der Waals surface area contributed by atoms with Gasteiger partial charge < -0.3 is 15.2 Å². The summed E-state index contributed by atoms with van der Waals surface area (Å²) in [4.78, 5) is 0. The van der Waals surface area contributed by atoms with Crippen molar-refractivity contribution in [3.8, 4) is 5.75 Å². The predicted molar refractivity (Wildman–Crippen MR) is 81.5 cm³/mol. The second-order valence-electron chi connectivity index (χ2n) is 7.34. The smallest absolute Gasteiger partial charge is 0.142 e. The van der Waals surface area contributed by atoms with Crippen LogP contribution in [0.25, 0.3) is 0 Å². The average molecular weight is 285 g/mol. The number of ether oxygens (including phenoxy) is 2. The van der Waals surface area contributed by atoms with Crippen molar-refractivity contribution in [2.24, 2.45) is 11.8 Å². The monoisotopic (exact) mass is 285 g/mol. The molecule has 21 heavy (non-hydrogen) atoms. The minimum absolute atomic E-state index is 0.302. The van der Waals surface area contributed by atoms with Gasteiger partial charge in [0.15, 0.2) is 0 Å². The van der Waals surface area contributed by atoms with E-state index < -0.39 is 0 Å². The van der Waals surface area contributed by atoms with Crippen molar-refractivity contribution in [2.75, 3.05) is 12.8 Å². The number of rotatable bonds is 1. The molecule has 1 saturated heterocycles. The van der Waals surface area contributed by atoms with E-state index in [4.69, 9.17) is 15.2 Å². The number of benzene rings is 1. The number of nitrogens with two attached hydrogens (primary N) is 1. The Balaban J connectivity index is 1.55. The molecule has 1 aromatic carbocycles. The maximum Gasteiger partial charge on any atom is 0.142 e. The molecule has 5 unspecified atom stereocenters. The molecule has 0 radical (unpaired) electrons. The first-order chi connectivity index (χ1) is 10.2. The molecule has 2 N–H and O–H groups in total. The zero-order valence-corrected chi connectivity index (χ0v) is 12.6. The maximum absolute atomic E-state index is 6.33. The van der Waals surface area contributed by atoms with Crippen LogP contribution in [0.2, 0.25) is 0 Å². The highest BCUT2D eigenvalue weighted by Crippen LogP contribution is 2.66. The zero-order chi connectivity index (χ0) is 14.2. The molecule has 3 aliphatic carbocycles. The van der Waals surface area contributed by atoms with E-state index in [1.165, 1.54) is 43.2 Å². The van der Waals surface area contributed by atoms with Gasteiger partial charge in [-0.3, -0.25) is 0 Å². The number of methoxy groups -OCH3 is 1. The van der Waals surface area contributed by atoms with Crippen molar-refractivity contribution < 1.29 is 9.47 Å². The Hall–Kier alpha value is -1.22. The highest BCUT2D eigenvalue weighted by atomic mass is 16.6. The number of epoxide rings is 1. The largest absolute Gasteiger partial charge is 0.495 e. The number of anilines is 1. The van der Waals surface area contributed by atoms with Gasteiger partial charge in [0.25, 0.3) is 0 Å². The van der Waals surface area contributed by atoms with Crippen molar-refractivity contribution in [1.82, 2.24) is 0 Å². The van der Waals surface area contributed by atoms with Gasteiger partial charge in [-0.05, 0) is 73.5 Å². The molecule has 3 nitrogen and oxygen atoms in total. The molecule has 1 spiro atoms. The summed E-state index contributed by atoms with van der Waals surface area (Å²) >= 11 is 0. The lowest BCUT2D eigenvalue weighted by molar-refractivity contribution is 0.0658.